The van der Waals surface area contributed by atoms with E-state index in [1.807, 2.05) is 24.4 Å². The number of rotatable bonds is 1. The average Bonchev–Trinajstić information content (AvgIpc) is 2.94. The molecule has 2 N–H and O–H groups in total. The van der Waals surface area contributed by atoms with Crippen LogP contribution in [0.25, 0.3) is 22.4 Å². The lowest BCUT2D eigenvalue weighted by atomic mass is 10.0. The quantitative estimate of drug-likeness (QED) is 0.565. The molecule has 0 aliphatic heterocycles. The topological polar surface area (TPSA) is 38.9 Å². The monoisotopic (exact) mass is 264 g/mol. The zero-order valence-electron chi connectivity index (χ0n) is 10.3. The highest BCUT2D eigenvalue weighted by Crippen LogP contribution is 2.50. The van der Waals surface area contributed by atoms with Gasteiger partial charge in [-0.15, -0.1) is 11.3 Å². The van der Waals surface area contributed by atoms with Gasteiger partial charge in [0.1, 0.15) is 0 Å². The third-order valence-electron chi connectivity index (χ3n) is 3.57. The molecule has 0 bridgehead atoms. The van der Waals surface area contributed by atoms with E-state index in [9.17, 15) is 0 Å². The number of thiophene rings is 1. The number of nitrogen functional groups attached to an aromatic ring is 1. The predicted octanol–water partition coefficient (Wildman–Crippen LogP) is 3.96. The lowest BCUT2D eigenvalue weighted by Crippen LogP contribution is -1.89. The Labute approximate surface area is 115 Å². The minimum absolute atomic E-state index is 0.873. The molecule has 2 nitrogen and oxygen atoms in total. The molecule has 2 aromatic heterocycles. The van der Waals surface area contributed by atoms with Gasteiger partial charge in [0.25, 0.3) is 0 Å². The molecular formula is C16H12N2S. The van der Waals surface area contributed by atoms with Gasteiger partial charge in [-0.1, -0.05) is 30.3 Å². The van der Waals surface area contributed by atoms with Crippen molar-refractivity contribution in [2.75, 3.05) is 5.73 Å². The van der Waals surface area contributed by atoms with Crippen LogP contribution in [0.1, 0.15) is 10.4 Å². The minimum atomic E-state index is 0.873. The van der Waals surface area contributed by atoms with Gasteiger partial charge in [-0.05, 0) is 23.3 Å². The first-order valence-corrected chi connectivity index (χ1v) is 7.07. The Morgan fingerprint density at radius 3 is 2.68 bits per heavy atom. The molecule has 2 heterocycles. The second kappa shape index (κ2) is 3.93. The van der Waals surface area contributed by atoms with E-state index in [1.165, 1.54) is 21.6 Å². The fourth-order valence-corrected chi connectivity index (χ4v) is 3.88. The van der Waals surface area contributed by atoms with Gasteiger partial charge >= 0.3 is 0 Å². The first-order valence-electron chi connectivity index (χ1n) is 6.25. The summed E-state index contributed by atoms with van der Waals surface area (Å²) in [5, 5.41) is 0.873. The van der Waals surface area contributed by atoms with Crippen molar-refractivity contribution < 1.29 is 0 Å². The number of anilines is 1. The van der Waals surface area contributed by atoms with Crippen LogP contribution in [0.2, 0.25) is 0 Å². The van der Waals surface area contributed by atoms with E-state index in [2.05, 4.69) is 29.2 Å². The van der Waals surface area contributed by atoms with Crippen LogP contribution in [0.4, 0.5) is 5.00 Å². The molecule has 1 aliphatic rings. The fourth-order valence-electron chi connectivity index (χ4n) is 2.76. The van der Waals surface area contributed by atoms with Crippen LogP contribution in [-0.2, 0) is 6.42 Å². The van der Waals surface area contributed by atoms with Crippen LogP contribution < -0.4 is 5.73 Å². The summed E-state index contributed by atoms with van der Waals surface area (Å²) < 4.78 is 0. The zero-order chi connectivity index (χ0) is 12.8. The lowest BCUT2D eigenvalue weighted by molar-refractivity contribution is 1.31. The van der Waals surface area contributed by atoms with Gasteiger partial charge in [0.2, 0.25) is 0 Å². The van der Waals surface area contributed by atoms with Crippen molar-refractivity contribution in [2.24, 2.45) is 0 Å². The molecule has 0 atom stereocenters. The van der Waals surface area contributed by atoms with Crippen LogP contribution in [0.15, 0.2) is 48.7 Å². The maximum absolute atomic E-state index is 6.22. The number of fused-ring (bicyclic) bond motifs is 3. The third kappa shape index (κ3) is 1.52. The standard InChI is InChI=1S/C16H12N2S/c17-16-15(12-7-3-4-8-18-12)14-11-6-2-1-5-10(11)9-13(14)19-16/h1-8H,9,17H2. The Hall–Kier alpha value is -2.13. The number of hydrogen-bond acceptors (Lipinski definition) is 3. The molecule has 1 aliphatic carbocycles. The third-order valence-corrected chi connectivity index (χ3v) is 4.59. The molecule has 1 aromatic carbocycles. The summed E-state index contributed by atoms with van der Waals surface area (Å²) in [6, 6.07) is 14.5. The van der Waals surface area contributed by atoms with Crippen molar-refractivity contribution in [3.05, 3.63) is 59.1 Å². The maximum Gasteiger partial charge on any atom is 0.0961 e. The largest absolute Gasteiger partial charge is 0.390 e. The zero-order valence-corrected chi connectivity index (χ0v) is 11.1. The molecule has 19 heavy (non-hydrogen) atoms. The van der Waals surface area contributed by atoms with E-state index in [4.69, 9.17) is 5.73 Å². The Balaban J connectivity index is 2.02. The maximum atomic E-state index is 6.22. The second-order valence-corrected chi connectivity index (χ2v) is 5.83. The number of benzene rings is 1. The summed E-state index contributed by atoms with van der Waals surface area (Å²) in [6.45, 7) is 0. The van der Waals surface area contributed by atoms with Crippen LogP contribution in [0, 0.1) is 0 Å². The van der Waals surface area contributed by atoms with Gasteiger partial charge in [0.15, 0.2) is 0 Å². The van der Waals surface area contributed by atoms with Crippen molar-refractivity contribution in [1.29, 1.82) is 0 Å². The van der Waals surface area contributed by atoms with E-state index in [0.29, 0.717) is 0 Å². The molecule has 0 spiro atoms. The van der Waals surface area contributed by atoms with Gasteiger partial charge in [-0.2, -0.15) is 0 Å². The van der Waals surface area contributed by atoms with Crippen molar-refractivity contribution in [3.63, 3.8) is 0 Å². The minimum Gasteiger partial charge on any atom is -0.390 e. The summed E-state index contributed by atoms with van der Waals surface area (Å²) >= 11 is 1.69. The van der Waals surface area contributed by atoms with E-state index in [0.717, 1.165) is 22.7 Å². The van der Waals surface area contributed by atoms with Crippen molar-refractivity contribution in [3.8, 4) is 22.4 Å². The molecule has 0 fully saturated rings. The second-order valence-electron chi connectivity index (χ2n) is 4.69. The normalized spacial score (nSPS) is 12.2. The highest BCUT2D eigenvalue weighted by Gasteiger charge is 2.26. The van der Waals surface area contributed by atoms with Crippen molar-refractivity contribution in [1.82, 2.24) is 4.98 Å². The molecule has 92 valence electrons. The summed E-state index contributed by atoms with van der Waals surface area (Å²) in [7, 11) is 0. The SMILES string of the molecule is Nc1sc2c(c1-c1ccccn1)-c1ccccc1C2. The number of hydrogen-bond donors (Lipinski definition) is 1. The molecule has 0 radical (unpaired) electrons. The summed E-state index contributed by atoms with van der Waals surface area (Å²) in [5.41, 5.74) is 12.3. The first kappa shape index (κ1) is 10.8. The number of nitrogens with two attached hydrogens (primary N) is 1. The summed E-state index contributed by atoms with van der Waals surface area (Å²) in [4.78, 5) is 5.82. The van der Waals surface area contributed by atoms with Gasteiger partial charge in [-0.3, -0.25) is 4.98 Å². The predicted molar refractivity (Wildman–Crippen MR) is 80.2 cm³/mol. The highest BCUT2D eigenvalue weighted by molar-refractivity contribution is 7.17. The van der Waals surface area contributed by atoms with Crippen LogP contribution in [0.3, 0.4) is 0 Å². The first-order chi connectivity index (χ1) is 9.34. The highest BCUT2D eigenvalue weighted by atomic mass is 32.1. The molecule has 4 rings (SSSR count). The summed E-state index contributed by atoms with van der Waals surface area (Å²) in [5.74, 6) is 0. The molecule has 3 heteroatoms. The number of aromatic nitrogens is 1. The molecule has 0 saturated carbocycles. The lowest BCUT2D eigenvalue weighted by Gasteiger charge is -2.05. The van der Waals surface area contributed by atoms with Crippen molar-refractivity contribution in [2.45, 2.75) is 6.42 Å². The molecule has 3 aromatic rings. The average molecular weight is 264 g/mol. The number of nitrogens with zero attached hydrogens (tertiary/aromatic N) is 1. The molecule has 0 amide bonds. The summed E-state index contributed by atoms with van der Waals surface area (Å²) in [6.07, 6.45) is 2.81. The van der Waals surface area contributed by atoms with Crippen molar-refractivity contribution >= 4 is 16.3 Å². The van der Waals surface area contributed by atoms with Gasteiger partial charge in [-0.25, -0.2) is 0 Å². The van der Waals surface area contributed by atoms with Crippen LogP contribution in [-0.4, -0.2) is 4.98 Å². The Morgan fingerprint density at radius 1 is 1.00 bits per heavy atom. The Bertz CT molecular complexity index is 760. The molecule has 0 saturated heterocycles. The Morgan fingerprint density at radius 2 is 1.84 bits per heavy atom. The molecule has 0 unspecified atom stereocenters. The smallest absolute Gasteiger partial charge is 0.0961 e. The van der Waals surface area contributed by atoms with E-state index in [-0.39, 0.29) is 0 Å². The molecular weight excluding hydrogens is 252 g/mol. The van der Waals surface area contributed by atoms with E-state index >= 15 is 0 Å². The van der Waals surface area contributed by atoms with E-state index < -0.39 is 0 Å². The van der Waals surface area contributed by atoms with Gasteiger partial charge in [0.05, 0.1) is 10.7 Å². The van der Waals surface area contributed by atoms with Gasteiger partial charge < -0.3 is 5.73 Å². The van der Waals surface area contributed by atoms with Crippen LogP contribution >= 0.6 is 11.3 Å². The van der Waals surface area contributed by atoms with Crippen LogP contribution in [0.5, 0.6) is 0 Å². The van der Waals surface area contributed by atoms with E-state index in [1.54, 1.807) is 11.3 Å². The fraction of sp³-hybridized carbons (Fsp3) is 0.0625. The number of pyridine rings is 1. The Kier molecular flexibility index (Phi) is 2.23. The van der Waals surface area contributed by atoms with Gasteiger partial charge in [0, 0.05) is 28.6 Å².